The van der Waals surface area contributed by atoms with E-state index in [9.17, 15) is 5.11 Å². The molecule has 0 radical (unpaired) electrons. The Hall–Kier alpha value is -1.49. The van der Waals surface area contributed by atoms with Crippen LogP contribution in [0.5, 0.6) is 5.75 Å². The third-order valence-electron chi connectivity index (χ3n) is 1.96. The Balaban J connectivity index is 3.34. The van der Waals surface area contributed by atoms with Gasteiger partial charge in [0.2, 0.25) is 0 Å². The minimum Gasteiger partial charge on any atom is -0.506 e. The van der Waals surface area contributed by atoms with Crippen molar-refractivity contribution < 1.29 is 5.11 Å². The standard InChI is InChI=1S/C11H13NO/c1-11(2,3)9-6-4-5-8(7-12)10(9)13/h4-6,13H,1-3H3. The first kappa shape index (κ1) is 9.60. The molecule has 0 aliphatic carbocycles. The van der Waals surface area contributed by atoms with E-state index in [0.29, 0.717) is 5.56 Å². The summed E-state index contributed by atoms with van der Waals surface area (Å²) in [5, 5.41) is 18.4. The van der Waals surface area contributed by atoms with Gasteiger partial charge in [-0.05, 0) is 11.5 Å². The van der Waals surface area contributed by atoms with Crippen molar-refractivity contribution in [2.75, 3.05) is 0 Å². The Labute approximate surface area is 78.4 Å². The molecule has 1 N–H and O–H groups in total. The van der Waals surface area contributed by atoms with E-state index in [0.717, 1.165) is 5.56 Å². The van der Waals surface area contributed by atoms with Crippen LogP contribution in [0.25, 0.3) is 0 Å². The lowest BCUT2D eigenvalue weighted by Gasteiger charge is -2.20. The van der Waals surface area contributed by atoms with Gasteiger partial charge in [-0.25, -0.2) is 0 Å². The number of phenolic OH excluding ortho intramolecular Hbond substituents is 1. The smallest absolute Gasteiger partial charge is 0.137 e. The summed E-state index contributed by atoms with van der Waals surface area (Å²) in [6.45, 7) is 6.01. The maximum Gasteiger partial charge on any atom is 0.137 e. The highest BCUT2D eigenvalue weighted by Gasteiger charge is 2.19. The fourth-order valence-corrected chi connectivity index (χ4v) is 1.24. The topological polar surface area (TPSA) is 44.0 Å². The summed E-state index contributed by atoms with van der Waals surface area (Å²) in [5.74, 6) is 0.109. The van der Waals surface area contributed by atoms with E-state index < -0.39 is 0 Å². The van der Waals surface area contributed by atoms with Gasteiger partial charge in [0.15, 0.2) is 0 Å². The molecule has 0 aromatic heterocycles. The van der Waals surface area contributed by atoms with Crippen molar-refractivity contribution in [3.8, 4) is 11.8 Å². The maximum atomic E-state index is 9.70. The van der Waals surface area contributed by atoms with Crippen molar-refractivity contribution in [3.05, 3.63) is 29.3 Å². The lowest BCUT2D eigenvalue weighted by atomic mass is 9.85. The highest BCUT2D eigenvalue weighted by atomic mass is 16.3. The molecule has 0 bridgehead atoms. The van der Waals surface area contributed by atoms with Gasteiger partial charge in [0, 0.05) is 5.56 Å². The summed E-state index contributed by atoms with van der Waals surface area (Å²) in [7, 11) is 0. The molecule has 0 saturated heterocycles. The number of nitriles is 1. The molecule has 0 spiro atoms. The molecule has 0 saturated carbocycles. The van der Waals surface area contributed by atoms with E-state index >= 15 is 0 Å². The minimum atomic E-state index is -0.128. The molecule has 13 heavy (non-hydrogen) atoms. The van der Waals surface area contributed by atoms with Gasteiger partial charge >= 0.3 is 0 Å². The van der Waals surface area contributed by atoms with Gasteiger partial charge in [-0.15, -0.1) is 0 Å². The van der Waals surface area contributed by atoms with Crippen molar-refractivity contribution >= 4 is 0 Å². The van der Waals surface area contributed by atoms with Gasteiger partial charge in [-0.2, -0.15) is 5.26 Å². The lowest BCUT2D eigenvalue weighted by Crippen LogP contribution is -2.11. The molecular weight excluding hydrogens is 162 g/mol. The monoisotopic (exact) mass is 175 g/mol. The molecule has 0 aliphatic rings. The highest BCUT2D eigenvalue weighted by Crippen LogP contribution is 2.32. The Morgan fingerprint density at radius 3 is 2.38 bits per heavy atom. The minimum absolute atomic E-state index is 0.109. The second-order valence-electron chi connectivity index (χ2n) is 4.06. The van der Waals surface area contributed by atoms with E-state index in [2.05, 4.69) is 0 Å². The first-order chi connectivity index (χ1) is 5.96. The maximum absolute atomic E-state index is 9.70. The van der Waals surface area contributed by atoms with Crippen LogP contribution in [0.4, 0.5) is 0 Å². The molecule has 1 aromatic rings. The predicted octanol–water partition coefficient (Wildman–Crippen LogP) is 2.56. The second-order valence-corrected chi connectivity index (χ2v) is 4.06. The molecule has 2 nitrogen and oxygen atoms in total. The number of rotatable bonds is 0. The Bertz CT molecular complexity index is 355. The van der Waals surface area contributed by atoms with Crippen LogP contribution < -0.4 is 0 Å². The molecule has 1 aromatic carbocycles. The summed E-state index contributed by atoms with van der Waals surface area (Å²) >= 11 is 0. The average Bonchev–Trinajstić information content (AvgIpc) is 2.02. The van der Waals surface area contributed by atoms with E-state index in [-0.39, 0.29) is 11.2 Å². The number of hydrogen-bond acceptors (Lipinski definition) is 2. The van der Waals surface area contributed by atoms with Crippen LogP contribution >= 0.6 is 0 Å². The molecular formula is C11H13NO. The summed E-state index contributed by atoms with van der Waals surface area (Å²) < 4.78 is 0. The van der Waals surface area contributed by atoms with Crippen molar-refractivity contribution in [2.45, 2.75) is 26.2 Å². The zero-order valence-electron chi connectivity index (χ0n) is 8.13. The molecule has 1 rings (SSSR count). The number of para-hydroxylation sites is 1. The first-order valence-corrected chi connectivity index (χ1v) is 4.19. The average molecular weight is 175 g/mol. The van der Waals surface area contributed by atoms with Gasteiger partial charge in [0.25, 0.3) is 0 Å². The third kappa shape index (κ3) is 1.81. The van der Waals surface area contributed by atoms with Crippen molar-refractivity contribution in [2.24, 2.45) is 0 Å². The molecule has 0 aliphatic heterocycles. The van der Waals surface area contributed by atoms with Gasteiger partial charge in [-0.1, -0.05) is 32.9 Å². The number of phenols is 1. The lowest BCUT2D eigenvalue weighted by molar-refractivity contribution is 0.445. The van der Waals surface area contributed by atoms with E-state index in [4.69, 9.17) is 5.26 Å². The summed E-state index contributed by atoms with van der Waals surface area (Å²) in [4.78, 5) is 0. The van der Waals surface area contributed by atoms with Gasteiger partial charge in [-0.3, -0.25) is 0 Å². The van der Waals surface area contributed by atoms with Crippen LogP contribution in [0, 0.1) is 11.3 Å². The number of aromatic hydroxyl groups is 1. The molecule has 2 heteroatoms. The van der Waals surface area contributed by atoms with Crippen molar-refractivity contribution in [3.63, 3.8) is 0 Å². The van der Waals surface area contributed by atoms with Crippen molar-refractivity contribution in [1.29, 1.82) is 5.26 Å². The van der Waals surface area contributed by atoms with Gasteiger partial charge < -0.3 is 5.11 Å². The first-order valence-electron chi connectivity index (χ1n) is 4.19. The van der Waals surface area contributed by atoms with Crippen LogP contribution in [0.15, 0.2) is 18.2 Å². The Morgan fingerprint density at radius 2 is 1.92 bits per heavy atom. The fraction of sp³-hybridized carbons (Fsp3) is 0.364. The highest BCUT2D eigenvalue weighted by molar-refractivity contribution is 5.49. The number of hydrogen-bond donors (Lipinski definition) is 1. The van der Waals surface area contributed by atoms with E-state index in [1.165, 1.54) is 0 Å². The molecule has 0 heterocycles. The van der Waals surface area contributed by atoms with Crippen molar-refractivity contribution in [1.82, 2.24) is 0 Å². The summed E-state index contributed by atoms with van der Waals surface area (Å²) in [6, 6.07) is 7.21. The molecule has 0 atom stereocenters. The largest absolute Gasteiger partial charge is 0.506 e. The molecule has 0 fully saturated rings. The molecule has 0 unspecified atom stereocenters. The number of nitrogens with zero attached hydrogens (tertiary/aromatic N) is 1. The third-order valence-corrected chi connectivity index (χ3v) is 1.96. The van der Waals surface area contributed by atoms with Crippen LogP contribution in [-0.4, -0.2) is 5.11 Å². The van der Waals surface area contributed by atoms with E-state index in [1.54, 1.807) is 12.1 Å². The predicted molar refractivity (Wildman–Crippen MR) is 51.5 cm³/mol. The Kier molecular flexibility index (Phi) is 2.29. The fourth-order valence-electron chi connectivity index (χ4n) is 1.24. The molecule has 0 amide bonds. The summed E-state index contributed by atoms with van der Waals surface area (Å²) in [5.41, 5.74) is 1.02. The van der Waals surface area contributed by atoms with Crippen LogP contribution in [0.2, 0.25) is 0 Å². The summed E-state index contributed by atoms with van der Waals surface area (Å²) in [6.07, 6.45) is 0. The van der Waals surface area contributed by atoms with Gasteiger partial charge in [0.1, 0.15) is 11.8 Å². The second kappa shape index (κ2) is 3.10. The number of benzene rings is 1. The van der Waals surface area contributed by atoms with Crippen LogP contribution in [0.1, 0.15) is 31.9 Å². The SMILES string of the molecule is CC(C)(C)c1cccc(C#N)c1O. The normalized spacial score (nSPS) is 10.9. The zero-order chi connectivity index (χ0) is 10.1. The van der Waals surface area contributed by atoms with Crippen LogP contribution in [-0.2, 0) is 5.41 Å². The quantitative estimate of drug-likeness (QED) is 0.658. The zero-order valence-corrected chi connectivity index (χ0v) is 8.13. The van der Waals surface area contributed by atoms with E-state index in [1.807, 2.05) is 32.9 Å². The van der Waals surface area contributed by atoms with Crippen LogP contribution in [0.3, 0.4) is 0 Å². The Morgan fingerprint density at radius 1 is 1.31 bits per heavy atom. The van der Waals surface area contributed by atoms with Gasteiger partial charge in [0.05, 0.1) is 5.56 Å². The molecule has 68 valence electrons.